The lowest BCUT2D eigenvalue weighted by molar-refractivity contribution is 0.647. The van der Waals surface area contributed by atoms with Crippen molar-refractivity contribution >= 4 is 27.5 Å². The van der Waals surface area contributed by atoms with Crippen LogP contribution in [0.2, 0.25) is 0 Å². The van der Waals surface area contributed by atoms with Crippen LogP contribution in [-0.4, -0.2) is 20.9 Å². The number of benzene rings is 1. The fourth-order valence-corrected chi connectivity index (χ4v) is 2.12. The molecule has 0 bridgehead atoms. The van der Waals surface area contributed by atoms with Crippen LogP contribution in [0.3, 0.4) is 0 Å². The summed E-state index contributed by atoms with van der Waals surface area (Å²) in [6.45, 7) is 0.731. The Labute approximate surface area is 114 Å². The smallest absolute Gasteiger partial charge is 0.0827 e. The zero-order valence-corrected chi connectivity index (χ0v) is 11.7. The Hall–Kier alpha value is -0.870. The van der Waals surface area contributed by atoms with Crippen molar-refractivity contribution in [1.82, 2.24) is 15.0 Å². The minimum absolute atomic E-state index is 0.664. The zero-order valence-electron chi connectivity index (χ0n) is 9.31. The SMILES string of the molecule is ClCCCc1cn(Cc2ccccc2Br)nn1. The molecule has 0 aliphatic heterocycles. The van der Waals surface area contributed by atoms with Crippen molar-refractivity contribution in [3.8, 4) is 0 Å². The highest BCUT2D eigenvalue weighted by Crippen LogP contribution is 2.16. The van der Waals surface area contributed by atoms with Crippen LogP contribution >= 0.6 is 27.5 Å². The summed E-state index contributed by atoms with van der Waals surface area (Å²) in [6, 6.07) is 8.12. The van der Waals surface area contributed by atoms with Crippen LogP contribution in [0.15, 0.2) is 34.9 Å². The molecule has 5 heteroatoms. The van der Waals surface area contributed by atoms with Crippen LogP contribution < -0.4 is 0 Å². The van der Waals surface area contributed by atoms with Crippen LogP contribution in [0.1, 0.15) is 17.7 Å². The third-order valence-electron chi connectivity index (χ3n) is 2.44. The first kappa shape index (κ1) is 12.6. The lowest BCUT2D eigenvalue weighted by Gasteiger charge is -2.02. The molecule has 0 spiro atoms. The molecule has 1 heterocycles. The molecule has 0 amide bonds. The molecular formula is C12H13BrClN3. The van der Waals surface area contributed by atoms with Crippen LogP contribution in [0.5, 0.6) is 0 Å². The van der Waals surface area contributed by atoms with Gasteiger partial charge in [0, 0.05) is 16.5 Å². The van der Waals surface area contributed by atoms with Crippen LogP contribution in [-0.2, 0) is 13.0 Å². The largest absolute Gasteiger partial charge is 0.248 e. The fraction of sp³-hybridized carbons (Fsp3) is 0.333. The molecule has 0 atom stereocenters. The summed E-state index contributed by atoms with van der Waals surface area (Å²) in [5.41, 5.74) is 2.19. The molecule has 17 heavy (non-hydrogen) atoms. The second-order valence-corrected chi connectivity index (χ2v) is 5.02. The van der Waals surface area contributed by atoms with E-state index in [2.05, 4.69) is 32.3 Å². The van der Waals surface area contributed by atoms with Crippen molar-refractivity contribution in [1.29, 1.82) is 0 Å². The molecule has 3 nitrogen and oxygen atoms in total. The molecule has 0 saturated carbocycles. The lowest BCUT2D eigenvalue weighted by Crippen LogP contribution is -2.00. The van der Waals surface area contributed by atoms with Crippen LogP contribution in [0.4, 0.5) is 0 Å². The standard InChI is InChI=1S/C12H13BrClN3/c13-12-6-2-1-4-10(12)8-17-9-11(15-16-17)5-3-7-14/h1-2,4,6,9H,3,5,7-8H2. The van der Waals surface area contributed by atoms with Gasteiger partial charge < -0.3 is 0 Å². The van der Waals surface area contributed by atoms with Gasteiger partial charge in [-0.05, 0) is 24.5 Å². The molecule has 0 aliphatic carbocycles. The van der Waals surface area contributed by atoms with Gasteiger partial charge in [0.05, 0.1) is 12.2 Å². The summed E-state index contributed by atoms with van der Waals surface area (Å²) in [6.07, 6.45) is 3.81. The first-order valence-corrected chi connectivity index (χ1v) is 6.80. The van der Waals surface area contributed by atoms with Crippen molar-refractivity contribution in [2.45, 2.75) is 19.4 Å². The van der Waals surface area contributed by atoms with Crippen molar-refractivity contribution < 1.29 is 0 Å². The maximum atomic E-state index is 5.65. The van der Waals surface area contributed by atoms with Gasteiger partial charge in [-0.25, -0.2) is 4.68 Å². The first-order valence-electron chi connectivity index (χ1n) is 5.48. The quantitative estimate of drug-likeness (QED) is 0.793. The third-order valence-corrected chi connectivity index (χ3v) is 3.48. The van der Waals surface area contributed by atoms with Gasteiger partial charge in [-0.15, -0.1) is 16.7 Å². The predicted molar refractivity (Wildman–Crippen MR) is 72.3 cm³/mol. The molecule has 2 aromatic rings. The number of rotatable bonds is 5. The Morgan fingerprint density at radius 2 is 2.12 bits per heavy atom. The second kappa shape index (κ2) is 6.17. The van der Waals surface area contributed by atoms with Crippen LogP contribution in [0, 0.1) is 0 Å². The highest BCUT2D eigenvalue weighted by atomic mass is 79.9. The van der Waals surface area contributed by atoms with Gasteiger partial charge >= 0.3 is 0 Å². The molecule has 0 N–H and O–H groups in total. The van der Waals surface area contributed by atoms with Gasteiger partial charge in [0.2, 0.25) is 0 Å². The van der Waals surface area contributed by atoms with Gasteiger partial charge in [0.25, 0.3) is 0 Å². The van der Waals surface area contributed by atoms with E-state index >= 15 is 0 Å². The van der Waals surface area contributed by atoms with E-state index in [1.807, 2.05) is 29.1 Å². The molecule has 1 aromatic carbocycles. The molecule has 0 fully saturated rings. The van der Waals surface area contributed by atoms with Crippen molar-refractivity contribution in [3.05, 3.63) is 46.2 Å². The molecule has 90 valence electrons. The Bertz CT molecular complexity index is 484. The van der Waals surface area contributed by atoms with E-state index in [0.29, 0.717) is 5.88 Å². The highest BCUT2D eigenvalue weighted by Gasteiger charge is 2.03. The van der Waals surface area contributed by atoms with Gasteiger partial charge in [-0.2, -0.15) is 0 Å². The number of hydrogen-bond donors (Lipinski definition) is 0. The van der Waals surface area contributed by atoms with Crippen LogP contribution in [0.25, 0.3) is 0 Å². The Balaban J connectivity index is 2.04. The number of aryl methyl sites for hydroxylation is 1. The van der Waals surface area contributed by atoms with Gasteiger partial charge in [-0.3, -0.25) is 0 Å². The van der Waals surface area contributed by atoms with E-state index in [9.17, 15) is 0 Å². The molecule has 0 unspecified atom stereocenters. The normalized spacial score (nSPS) is 10.7. The summed E-state index contributed by atoms with van der Waals surface area (Å²) < 4.78 is 2.95. The van der Waals surface area contributed by atoms with E-state index in [-0.39, 0.29) is 0 Å². The number of halogens is 2. The summed E-state index contributed by atoms with van der Waals surface area (Å²) in [4.78, 5) is 0. The number of nitrogens with zero attached hydrogens (tertiary/aromatic N) is 3. The van der Waals surface area contributed by atoms with Crippen molar-refractivity contribution in [2.24, 2.45) is 0 Å². The van der Waals surface area contributed by atoms with Gasteiger partial charge in [0.15, 0.2) is 0 Å². The lowest BCUT2D eigenvalue weighted by atomic mass is 10.2. The predicted octanol–water partition coefficient (Wildman–Crippen LogP) is 3.26. The van der Waals surface area contributed by atoms with E-state index in [1.165, 1.54) is 5.56 Å². The molecule has 0 aliphatic rings. The summed E-state index contributed by atoms with van der Waals surface area (Å²) in [5.74, 6) is 0.664. The Morgan fingerprint density at radius 1 is 1.29 bits per heavy atom. The zero-order chi connectivity index (χ0) is 12.1. The summed E-state index contributed by atoms with van der Waals surface area (Å²) in [7, 11) is 0. The Morgan fingerprint density at radius 3 is 2.88 bits per heavy atom. The minimum Gasteiger partial charge on any atom is -0.248 e. The van der Waals surface area contributed by atoms with Crippen molar-refractivity contribution in [3.63, 3.8) is 0 Å². The topological polar surface area (TPSA) is 30.7 Å². The summed E-state index contributed by atoms with van der Waals surface area (Å²) >= 11 is 9.17. The average Bonchev–Trinajstić information content (AvgIpc) is 2.77. The maximum absolute atomic E-state index is 5.65. The molecule has 1 aromatic heterocycles. The average molecular weight is 315 g/mol. The molecule has 0 saturated heterocycles. The molecule has 0 radical (unpaired) electrons. The molecule has 2 rings (SSSR count). The van der Waals surface area contributed by atoms with E-state index in [4.69, 9.17) is 11.6 Å². The first-order chi connectivity index (χ1) is 8.29. The maximum Gasteiger partial charge on any atom is 0.0827 e. The fourth-order valence-electron chi connectivity index (χ4n) is 1.58. The van der Waals surface area contributed by atoms with Crippen molar-refractivity contribution in [2.75, 3.05) is 5.88 Å². The molecular weight excluding hydrogens is 302 g/mol. The van der Waals surface area contributed by atoms with E-state index in [1.54, 1.807) is 0 Å². The monoisotopic (exact) mass is 313 g/mol. The number of alkyl halides is 1. The minimum atomic E-state index is 0.664. The van der Waals surface area contributed by atoms with E-state index in [0.717, 1.165) is 29.6 Å². The number of hydrogen-bond acceptors (Lipinski definition) is 2. The van der Waals surface area contributed by atoms with Gasteiger partial charge in [0.1, 0.15) is 0 Å². The highest BCUT2D eigenvalue weighted by molar-refractivity contribution is 9.10. The summed E-state index contributed by atoms with van der Waals surface area (Å²) in [5, 5.41) is 8.23. The number of aromatic nitrogens is 3. The van der Waals surface area contributed by atoms with E-state index < -0.39 is 0 Å². The second-order valence-electron chi connectivity index (χ2n) is 3.79. The van der Waals surface area contributed by atoms with Gasteiger partial charge in [-0.1, -0.05) is 39.3 Å². The Kier molecular flexibility index (Phi) is 4.57. The third kappa shape index (κ3) is 3.54.